The lowest BCUT2D eigenvalue weighted by Crippen LogP contribution is -2.48. The lowest BCUT2D eigenvalue weighted by molar-refractivity contribution is 0.317. The summed E-state index contributed by atoms with van der Waals surface area (Å²) in [5.41, 5.74) is 4.85. The van der Waals surface area contributed by atoms with E-state index in [-0.39, 0.29) is 11.4 Å². The summed E-state index contributed by atoms with van der Waals surface area (Å²) >= 11 is 0. The molecule has 0 heterocycles. The molecule has 5 nitrogen and oxygen atoms in total. The Morgan fingerprint density at radius 3 is 2.32 bits per heavy atom. The van der Waals surface area contributed by atoms with E-state index < -0.39 is 15.6 Å². The summed E-state index contributed by atoms with van der Waals surface area (Å²) in [4.78, 5) is 0.206. The van der Waals surface area contributed by atoms with Crippen LogP contribution < -0.4 is 15.2 Å². The zero-order valence-corrected chi connectivity index (χ0v) is 12.5. The summed E-state index contributed by atoms with van der Waals surface area (Å²) in [6, 6.07) is 6.36. The fourth-order valence-electron chi connectivity index (χ4n) is 1.40. The van der Waals surface area contributed by atoms with E-state index in [4.69, 9.17) is 10.5 Å². The summed E-state index contributed by atoms with van der Waals surface area (Å²) < 4.78 is 32.2. The zero-order valence-electron chi connectivity index (χ0n) is 11.6. The Morgan fingerprint density at radius 1 is 1.26 bits per heavy atom. The van der Waals surface area contributed by atoms with E-state index in [1.165, 1.54) is 12.1 Å². The van der Waals surface area contributed by atoms with Crippen LogP contribution in [0, 0.1) is 0 Å². The molecule has 0 unspecified atom stereocenters. The second-order valence-corrected chi connectivity index (χ2v) is 6.70. The molecule has 0 bridgehead atoms. The van der Waals surface area contributed by atoms with Crippen molar-refractivity contribution in [3.63, 3.8) is 0 Å². The molecule has 0 aromatic heterocycles. The van der Waals surface area contributed by atoms with Crippen molar-refractivity contribution in [1.82, 2.24) is 4.72 Å². The standard InChI is InChI=1S/C13H22N2O3S/c1-4-9-18-11-5-7-12(8-6-11)19(16,17)15-13(2,3)10-14/h5-8,15H,4,9-10,14H2,1-3H3. The third-order valence-corrected chi connectivity index (χ3v) is 4.24. The maximum Gasteiger partial charge on any atom is 0.241 e. The Labute approximate surface area is 115 Å². The van der Waals surface area contributed by atoms with Gasteiger partial charge < -0.3 is 10.5 Å². The maximum absolute atomic E-state index is 12.1. The molecule has 0 amide bonds. The van der Waals surface area contributed by atoms with E-state index in [0.717, 1.165) is 6.42 Å². The van der Waals surface area contributed by atoms with Gasteiger partial charge in [0.05, 0.1) is 11.5 Å². The maximum atomic E-state index is 12.1. The van der Waals surface area contributed by atoms with Crippen LogP contribution in [0.5, 0.6) is 5.75 Å². The number of ether oxygens (including phenoxy) is 1. The number of benzene rings is 1. The van der Waals surface area contributed by atoms with Crippen molar-refractivity contribution < 1.29 is 13.2 Å². The normalized spacial score (nSPS) is 12.4. The molecule has 1 aromatic rings. The topological polar surface area (TPSA) is 81.4 Å². The first-order chi connectivity index (χ1) is 8.80. The molecule has 0 aliphatic carbocycles. The molecule has 1 rings (SSSR count). The highest BCUT2D eigenvalue weighted by atomic mass is 32.2. The summed E-state index contributed by atoms with van der Waals surface area (Å²) in [6.07, 6.45) is 0.909. The van der Waals surface area contributed by atoms with Crippen molar-refractivity contribution in [2.24, 2.45) is 5.73 Å². The Bertz CT molecular complexity index is 495. The molecule has 0 saturated heterocycles. The summed E-state index contributed by atoms with van der Waals surface area (Å²) in [5, 5.41) is 0. The van der Waals surface area contributed by atoms with Crippen LogP contribution in [0.25, 0.3) is 0 Å². The van der Waals surface area contributed by atoms with E-state index in [2.05, 4.69) is 4.72 Å². The molecule has 0 aliphatic heterocycles. The van der Waals surface area contributed by atoms with Gasteiger partial charge in [0.15, 0.2) is 0 Å². The minimum Gasteiger partial charge on any atom is -0.494 e. The smallest absolute Gasteiger partial charge is 0.241 e. The summed E-state index contributed by atoms with van der Waals surface area (Å²) in [7, 11) is -3.55. The Kier molecular flexibility index (Phi) is 5.34. The highest BCUT2D eigenvalue weighted by molar-refractivity contribution is 7.89. The Morgan fingerprint density at radius 2 is 1.84 bits per heavy atom. The van der Waals surface area contributed by atoms with Gasteiger partial charge in [-0.3, -0.25) is 0 Å². The van der Waals surface area contributed by atoms with E-state index in [0.29, 0.717) is 12.4 Å². The average Bonchev–Trinajstić information content (AvgIpc) is 2.35. The first-order valence-corrected chi connectivity index (χ1v) is 7.76. The molecular formula is C13H22N2O3S. The van der Waals surface area contributed by atoms with Gasteiger partial charge in [0, 0.05) is 12.1 Å². The third kappa shape index (κ3) is 4.81. The van der Waals surface area contributed by atoms with E-state index in [9.17, 15) is 8.42 Å². The van der Waals surface area contributed by atoms with Crippen LogP contribution in [0.1, 0.15) is 27.2 Å². The number of hydrogen-bond donors (Lipinski definition) is 2. The Hall–Kier alpha value is -1.11. The van der Waals surface area contributed by atoms with Gasteiger partial charge in [-0.25, -0.2) is 13.1 Å². The van der Waals surface area contributed by atoms with Crippen molar-refractivity contribution in [3.05, 3.63) is 24.3 Å². The average molecular weight is 286 g/mol. The number of sulfonamides is 1. The fraction of sp³-hybridized carbons (Fsp3) is 0.538. The molecule has 19 heavy (non-hydrogen) atoms. The zero-order chi connectivity index (χ0) is 14.5. The van der Waals surface area contributed by atoms with Crippen LogP contribution >= 0.6 is 0 Å². The van der Waals surface area contributed by atoms with Crippen molar-refractivity contribution >= 4 is 10.0 Å². The molecule has 1 aromatic carbocycles. The molecule has 0 aliphatic rings. The van der Waals surface area contributed by atoms with Crippen LogP contribution in [-0.4, -0.2) is 27.1 Å². The van der Waals surface area contributed by atoms with Gasteiger partial charge in [-0.1, -0.05) is 6.92 Å². The predicted octanol–water partition coefficient (Wildman–Crippen LogP) is 1.49. The largest absolute Gasteiger partial charge is 0.494 e. The minimum absolute atomic E-state index is 0.206. The van der Waals surface area contributed by atoms with Crippen LogP contribution in [0.3, 0.4) is 0 Å². The van der Waals surface area contributed by atoms with Gasteiger partial charge >= 0.3 is 0 Å². The van der Waals surface area contributed by atoms with E-state index in [1.54, 1.807) is 26.0 Å². The van der Waals surface area contributed by atoms with Crippen molar-refractivity contribution in [3.8, 4) is 5.75 Å². The summed E-state index contributed by atoms with van der Waals surface area (Å²) in [5.74, 6) is 0.666. The molecule has 0 spiro atoms. The second kappa shape index (κ2) is 6.36. The van der Waals surface area contributed by atoms with Crippen LogP contribution in [-0.2, 0) is 10.0 Å². The number of hydrogen-bond acceptors (Lipinski definition) is 4. The first-order valence-electron chi connectivity index (χ1n) is 6.27. The lowest BCUT2D eigenvalue weighted by atomic mass is 10.1. The first kappa shape index (κ1) is 15.9. The van der Waals surface area contributed by atoms with Gasteiger partial charge in [-0.2, -0.15) is 0 Å². The molecule has 0 atom stereocenters. The molecule has 0 saturated carbocycles. The van der Waals surface area contributed by atoms with Crippen molar-refractivity contribution in [2.75, 3.05) is 13.2 Å². The third-order valence-electron chi connectivity index (χ3n) is 2.53. The molecule has 108 valence electrons. The number of rotatable bonds is 7. The SMILES string of the molecule is CCCOc1ccc(S(=O)(=O)NC(C)(C)CN)cc1. The van der Waals surface area contributed by atoms with Gasteiger partial charge in [0.25, 0.3) is 0 Å². The van der Waals surface area contributed by atoms with Gasteiger partial charge in [-0.15, -0.1) is 0 Å². The quantitative estimate of drug-likeness (QED) is 0.795. The summed E-state index contributed by atoms with van der Waals surface area (Å²) in [6.45, 7) is 6.33. The minimum atomic E-state index is -3.55. The predicted molar refractivity (Wildman–Crippen MR) is 75.7 cm³/mol. The van der Waals surface area contributed by atoms with Crippen LogP contribution in [0.2, 0.25) is 0 Å². The molecule has 0 radical (unpaired) electrons. The Balaban J connectivity index is 2.85. The van der Waals surface area contributed by atoms with Crippen molar-refractivity contribution in [2.45, 2.75) is 37.6 Å². The number of nitrogens with two attached hydrogens (primary N) is 1. The van der Waals surface area contributed by atoms with Gasteiger partial charge in [0.1, 0.15) is 5.75 Å². The van der Waals surface area contributed by atoms with Crippen LogP contribution in [0.4, 0.5) is 0 Å². The van der Waals surface area contributed by atoms with Crippen LogP contribution in [0.15, 0.2) is 29.2 Å². The molecular weight excluding hydrogens is 264 g/mol. The second-order valence-electron chi connectivity index (χ2n) is 5.01. The van der Waals surface area contributed by atoms with Crippen molar-refractivity contribution in [1.29, 1.82) is 0 Å². The highest BCUT2D eigenvalue weighted by Crippen LogP contribution is 2.17. The monoisotopic (exact) mass is 286 g/mol. The van der Waals surface area contributed by atoms with E-state index in [1.807, 2.05) is 6.92 Å². The highest BCUT2D eigenvalue weighted by Gasteiger charge is 2.24. The van der Waals surface area contributed by atoms with Gasteiger partial charge in [-0.05, 0) is 44.5 Å². The molecule has 0 fully saturated rings. The number of nitrogens with one attached hydrogen (secondary N) is 1. The fourth-order valence-corrected chi connectivity index (χ4v) is 2.82. The molecule has 3 N–H and O–H groups in total. The molecule has 6 heteroatoms. The van der Waals surface area contributed by atoms with E-state index >= 15 is 0 Å². The lowest BCUT2D eigenvalue weighted by Gasteiger charge is -2.23. The van der Waals surface area contributed by atoms with Gasteiger partial charge in [0.2, 0.25) is 10.0 Å².